The molecule has 0 bridgehead atoms. The van der Waals surface area contributed by atoms with E-state index in [-0.39, 0.29) is 0 Å². The Hall–Kier alpha value is -1.56. The number of nitrogens with one attached hydrogen (secondary N) is 1. The molecule has 1 aromatic heterocycles. The van der Waals surface area contributed by atoms with Crippen molar-refractivity contribution < 1.29 is 8.42 Å². The molecule has 0 atom stereocenters. The van der Waals surface area contributed by atoms with Crippen LogP contribution in [0.3, 0.4) is 0 Å². The Morgan fingerprint density at radius 1 is 1.36 bits per heavy atom. The maximum Gasteiger partial charge on any atom is 0.243 e. The summed E-state index contributed by atoms with van der Waals surface area (Å²) >= 11 is 0. The molecule has 1 aromatic carbocycles. The molecule has 0 aliphatic heterocycles. The molecule has 0 saturated heterocycles. The molecular weight excluding hydrogens is 202 g/mol. The standard InChI is InChI=1S/C8H9N3O2S/c1-14(12,13)10-11-6-9-7-4-2-3-5-8(7)11/h2-6,10H,1H3. The van der Waals surface area contributed by atoms with Gasteiger partial charge in [0.25, 0.3) is 0 Å². The van der Waals surface area contributed by atoms with Gasteiger partial charge in [-0.15, -0.1) is 0 Å². The monoisotopic (exact) mass is 211 g/mol. The Balaban J connectivity index is 2.54. The number of rotatable bonds is 2. The Morgan fingerprint density at radius 3 is 2.79 bits per heavy atom. The quantitative estimate of drug-likeness (QED) is 0.788. The molecule has 0 aliphatic carbocycles. The fourth-order valence-electron chi connectivity index (χ4n) is 1.21. The summed E-state index contributed by atoms with van der Waals surface area (Å²) < 4.78 is 23.3. The first-order valence-electron chi connectivity index (χ1n) is 3.96. The number of aromatic nitrogens is 2. The Kier molecular flexibility index (Phi) is 1.92. The van der Waals surface area contributed by atoms with Crippen LogP contribution in [0.1, 0.15) is 0 Å². The molecule has 0 spiro atoms. The molecule has 5 nitrogen and oxygen atoms in total. The summed E-state index contributed by atoms with van der Waals surface area (Å²) in [5, 5.41) is 0. The molecule has 0 radical (unpaired) electrons. The van der Waals surface area contributed by atoms with E-state index < -0.39 is 10.0 Å². The van der Waals surface area contributed by atoms with E-state index in [1.54, 1.807) is 6.07 Å². The number of imidazole rings is 1. The van der Waals surface area contributed by atoms with Gasteiger partial charge in [-0.05, 0) is 12.1 Å². The van der Waals surface area contributed by atoms with Gasteiger partial charge in [-0.1, -0.05) is 12.1 Å². The summed E-state index contributed by atoms with van der Waals surface area (Å²) in [7, 11) is -3.27. The predicted octanol–water partition coefficient (Wildman–Crippen LogP) is 0.539. The summed E-state index contributed by atoms with van der Waals surface area (Å²) in [4.78, 5) is 6.37. The minimum Gasteiger partial charge on any atom is -0.235 e. The van der Waals surface area contributed by atoms with Crippen LogP contribution in [0.15, 0.2) is 30.6 Å². The van der Waals surface area contributed by atoms with Crippen LogP contribution in [0.5, 0.6) is 0 Å². The summed E-state index contributed by atoms with van der Waals surface area (Å²) in [6.07, 6.45) is 2.54. The molecular formula is C8H9N3O2S. The average molecular weight is 211 g/mol. The fourth-order valence-corrected chi connectivity index (χ4v) is 1.71. The maximum absolute atomic E-state index is 11.0. The van der Waals surface area contributed by atoms with Crippen molar-refractivity contribution in [2.24, 2.45) is 0 Å². The molecule has 0 amide bonds. The lowest BCUT2D eigenvalue weighted by Gasteiger charge is -2.04. The lowest BCUT2D eigenvalue weighted by atomic mass is 10.3. The second kappa shape index (κ2) is 2.98. The molecule has 1 heterocycles. The van der Waals surface area contributed by atoms with Crippen LogP contribution in [0.2, 0.25) is 0 Å². The third kappa shape index (κ3) is 1.69. The second-order valence-electron chi connectivity index (χ2n) is 2.97. The third-order valence-corrected chi connectivity index (χ3v) is 2.25. The first kappa shape index (κ1) is 9.01. The van der Waals surface area contributed by atoms with E-state index in [1.165, 1.54) is 11.0 Å². The van der Waals surface area contributed by atoms with Gasteiger partial charge in [0, 0.05) is 0 Å². The van der Waals surface area contributed by atoms with Crippen LogP contribution in [0, 0.1) is 0 Å². The van der Waals surface area contributed by atoms with E-state index in [1.807, 2.05) is 18.2 Å². The second-order valence-corrected chi connectivity index (χ2v) is 4.69. The Labute approximate surface area is 81.4 Å². The normalized spacial score (nSPS) is 11.8. The van der Waals surface area contributed by atoms with E-state index >= 15 is 0 Å². The summed E-state index contributed by atoms with van der Waals surface area (Å²) in [6, 6.07) is 7.28. The summed E-state index contributed by atoms with van der Waals surface area (Å²) in [6.45, 7) is 0. The molecule has 1 N–H and O–H groups in total. The number of hydrogen-bond donors (Lipinski definition) is 1. The van der Waals surface area contributed by atoms with Crippen molar-refractivity contribution in [2.45, 2.75) is 0 Å². The molecule has 0 aliphatic rings. The van der Waals surface area contributed by atoms with E-state index in [0.29, 0.717) is 0 Å². The van der Waals surface area contributed by atoms with Gasteiger partial charge in [0.15, 0.2) is 0 Å². The number of sulfonamides is 1. The van der Waals surface area contributed by atoms with E-state index in [2.05, 4.69) is 9.82 Å². The molecule has 2 aromatic rings. The van der Waals surface area contributed by atoms with Crippen LogP contribution in [0.4, 0.5) is 0 Å². The number of nitrogens with zero attached hydrogens (tertiary/aromatic N) is 2. The van der Waals surface area contributed by atoms with Gasteiger partial charge in [-0.3, -0.25) is 0 Å². The molecule has 6 heteroatoms. The zero-order chi connectivity index (χ0) is 10.2. The maximum atomic E-state index is 11.0. The van der Waals surface area contributed by atoms with Gasteiger partial charge in [0.05, 0.1) is 17.3 Å². The van der Waals surface area contributed by atoms with Gasteiger partial charge in [-0.25, -0.2) is 22.9 Å². The van der Waals surface area contributed by atoms with Crippen LogP contribution in [-0.2, 0) is 10.0 Å². The van der Waals surface area contributed by atoms with E-state index in [4.69, 9.17) is 0 Å². The fraction of sp³-hybridized carbons (Fsp3) is 0.125. The molecule has 14 heavy (non-hydrogen) atoms. The summed E-state index contributed by atoms with van der Waals surface area (Å²) in [5.41, 5.74) is 1.49. The lowest BCUT2D eigenvalue weighted by molar-refractivity contribution is 0.601. The summed E-state index contributed by atoms with van der Waals surface area (Å²) in [5.74, 6) is 0. The van der Waals surface area contributed by atoms with Crippen molar-refractivity contribution >= 4 is 21.1 Å². The number of fused-ring (bicyclic) bond motifs is 1. The van der Waals surface area contributed by atoms with E-state index in [9.17, 15) is 8.42 Å². The van der Waals surface area contributed by atoms with Crippen molar-refractivity contribution in [3.63, 3.8) is 0 Å². The minimum atomic E-state index is -3.27. The zero-order valence-electron chi connectivity index (χ0n) is 7.51. The predicted molar refractivity (Wildman–Crippen MR) is 53.9 cm³/mol. The first-order valence-corrected chi connectivity index (χ1v) is 5.85. The van der Waals surface area contributed by atoms with Crippen LogP contribution in [0.25, 0.3) is 11.0 Å². The van der Waals surface area contributed by atoms with Crippen molar-refractivity contribution in [2.75, 3.05) is 11.1 Å². The third-order valence-electron chi connectivity index (χ3n) is 1.72. The van der Waals surface area contributed by atoms with Gasteiger partial charge >= 0.3 is 0 Å². The van der Waals surface area contributed by atoms with E-state index in [0.717, 1.165) is 17.3 Å². The minimum absolute atomic E-state index is 0.734. The van der Waals surface area contributed by atoms with Crippen molar-refractivity contribution in [3.05, 3.63) is 30.6 Å². The first-order chi connectivity index (χ1) is 6.56. The average Bonchev–Trinajstić information content (AvgIpc) is 2.47. The van der Waals surface area contributed by atoms with Gasteiger partial charge < -0.3 is 0 Å². The van der Waals surface area contributed by atoms with Crippen molar-refractivity contribution in [3.8, 4) is 0 Å². The highest BCUT2D eigenvalue weighted by Crippen LogP contribution is 2.10. The van der Waals surface area contributed by atoms with Crippen LogP contribution >= 0.6 is 0 Å². The highest BCUT2D eigenvalue weighted by molar-refractivity contribution is 7.91. The number of para-hydroxylation sites is 2. The molecule has 0 saturated carbocycles. The highest BCUT2D eigenvalue weighted by Gasteiger charge is 2.04. The van der Waals surface area contributed by atoms with Crippen molar-refractivity contribution in [1.82, 2.24) is 9.66 Å². The molecule has 74 valence electrons. The number of benzene rings is 1. The lowest BCUT2D eigenvalue weighted by Crippen LogP contribution is -2.20. The van der Waals surface area contributed by atoms with Gasteiger partial charge in [0.2, 0.25) is 10.0 Å². The smallest absolute Gasteiger partial charge is 0.235 e. The number of hydrogen-bond acceptors (Lipinski definition) is 3. The van der Waals surface area contributed by atoms with Crippen LogP contribution in [-0.4, -0.2) is 24.3 Å². The Bertz CT molecular complexity index is 559. The highest BCUT2D eigenvalue weighted by atomic mass is 32.2. The molecule has 0 fully saturated rings. The SMILES string of the molecule is CS(=O)(=O)Nn1cnc2ccccc21. The van der Waals surface area contributed by atoms with Crippen LogP contribution < -0.4 is 4.83 Å². The zero-order valence-corrected chi connectivity index (χ0v) is 8.32. The molecule has 2 rings (SSSR count). The van der Waals surface area contributed by atoms with Gasteiger partial charge in [-0.2, -0.15) is 0 Å². The molecule has 0 unspecified atom stereocenters. The topological polar surface area (TPSA) is 64.0 Å². The largest absolute Gasteiger partial charge is 0.243 e. The van der Waals surface area contributed by atoms with Crippen molar-refractivity contribution in [1.29, 1.82) is 0 Å². The van der Waals surface area contributed by atoms with Gasteiger partial charge in [0.1, 0.15) is 6.33 Å². The Morgan fingerprint density at radius 2 is 2.07 bits per heavy atom.